The molecule has 98 valence electrons. The third-order valence-corrected chi connectivity index (χ3v) is 4.35. The molecule has 0 saturated heterocycles. The number of nitrogens with one attached hydrogen (secondary N) is 1. The highest BCUT2D eigenvalue weighted by atomic mass is 79.9. The first-order valence-corrected chi connectivity index (χ1v) is 6.21. The quantitative estimate of drug-likeness (QED) is 0.326. The Morgan fingerprint density at radius 3 is 2.53 bits per heavy atom. The Hall–Kier alpha value is -1.81. The summed E-state index contributed by atoms with van der Waals surface area (Å²) < 4.78 is 0.381. The largest absolute Gasteiger partial charge is 0.410 e. The van der Waals surface area contributed by atoms with Gasteiger partial charge in [-0.15, -0.1) is 0 Å². The van der Waals surface area contributed by atoms with E-state index in [1.165, 1.54) is 6.07 Å². The van der Waals surface area contributed by atoms with Crippen molar-refractivity contribution in [2.24, 2.45) is 5.16 Å². The lowest BCUT2D eigenvalue weighted by atomic mass is 9.98. The van der Waals surface area contributed by atoms with Crippen LogP contribution in [0, 0.1) is 10.1 Å². The van der Waals surface area contributed by atoms with Crippen LogP contribution in [0.15, 0.2) is 20.2 Å². The number of nitro groups is 1. The van der Waals surface area contributed by atoms with Crippen molar-refractivity contribution in [3.8, 4) is 0 Å². The fourth-order valence-electron chi connectivity index (χ4n) is 1.60. The fraction of sp³-hybridized carbons (Fsp3) is 0. The number of nitrogens with zero attached hydrogens (tertiary/aromatic N) is 2. The zero-order chi connectivity index (χ0) is 14.3. The molecule has 0 aromatic heterocycles. The molecule has 0 fully saturated rings. The lowest BCUT2D eigenvalue weighted by molar-refractivity contribution is -0.384. The maximum Gasteiger partial charge on any atom is 0.308 e. The first-order chi connectivity index (χ1) is 8.88. The third kappa shape index (κ3) is 2.02. The van der Waals surface area contributed by atoms with E-state index < -0.39 is 28.0 Å². The Kier molecular flexibility index (Phi) is 3.37. The van der Waals surface area contributed by atoms with Gasteiger partial charge in [0.2, 0.25) is 0 Å². The average molecular weight is 393 g/mol. The summed E-state index contributed by atoms with van der Waals surface area (Å²) in [5.41, 5.74) is -1.22. The molecule has 0 atom stereocenters. The summed E-state index contributed by atoms with van der Waals surface area (Å²) in [6.45, 7) is 0. The minimum Gasteiger partial charge on any atom is -0.410 e. The predicted molar refractivity (Wildman–Crippen MR) is 70.5 cm³/mol. The van der Waals surface area contributed by atoms with Crippen molar-refractivity contribution in [2.75, 3.05) is 5.32 Å². The van der Waals surface area contributed by atoms with Gasteiger partial charge < -0.3 is 10.5 Å². The van der Waals surface area contributed by atoms with Crippen LogP contribution in [0.3, 0.4) is 0 Å². The summed E-state index contributed by atoms with van der Waals surface area (Å²) in [7, 11) is 0. The lowest BCUT2D eigenvalue weighted by Gasteiger charge is -2.17. The monoisotopic (exact) mass is 391 g/mol. The number of ketones is 1. The van der Waals surface area contributed by atoms with Crippen LogP contribution >= 0.6 is 31.9 Å². The van der Waals surface area contributed by atoms with E-state index in [2.05, 4.69) is 42.3 Å². The summed E-state index contributed by atoms with van der Waals surface area (Å²) in [4.78, 5) is 33.2. The van der Waals surface area contributed by atoms with Gasteiger partial charge in [0.15, 0.2) is 5.71 Å². The number of oxime groups is 1. The molecule has 1 aromatic carbocycles. The van der Waals surface area contributed by atoms with Crippen LogP contribution in [-0.2, 0) is 9.59 Å². The molecular formula is C9H3Br2N3O5. The number of halogens is 2. The molecule has 1 aliphatic rings. The van der Waals surface area contributed by atoms with Crippen LogP contribution in [0.25, 0.3) is 0 Å². The minimum atomic E-state index is -1.10. The number of fused-ring (bicyclic) bond motifs is 1. The van der Waals surface area contributed by atoms with Crippen LogP contribution in [0.2, 0.25) is 0 Å². The number of amides is 1. The van der Waals surface area contributed by atoms with Crippen molar-refractivity contribution in [3.63, 3.8) is 0 Å². The second-order valence-corrected chi connectivity index (χ2v) is 5.08. The topological polar surface area (TPSA) is 122 Å². The molecule has 0 unspecified atom stereocenters. The molecule has 2 rings (SSSR count). The Labute approximate surface area is 121 Å². The molecule has 19 heavy (non-hydrogen) atoms. The number of carbonyl (C=O) groups is 2. The zero-order valence-electron chi connectivity index (χ0n) is 8.81. The van der Waals surface area contributed by atoms with Crippen molar-refractivity contribution in [1.29, 1.82) is 0 Å². The molecule has 1 heterocycles. The molecule has 1 aliphatic heterocycles. The van der Waals surface area contributed by atoms with Crippen molar-refractivity contribution >= 4 is 60.6 Å². The lowest BCUT2D eigenvalue weighted by Crippen LogP contribution is -2.36. The molecule has 0 saturated carbocycles. The van der Waals surface area contributed by atoms with E-state index in [1.54, 1.807) is 0 Å². The summed E-state index contributed by atoms with van der Waals surface area (Å²) in [5.74, 6) is -2.17. The van der Waals surface area contributed by atoms with Crippen molar-refractivity contribution in [3.05, 3.63) is 30.7 Å². The average Bonchev–Trinajstić information content (AvgIpc) is 2.33. The number of rotatable bonds is 1. The first kappa shape index (κ1) is 13.6. The van der Waals surface area contributed by atoms with Gasteiger partial charge in [-0.25, -0.2) is 0 Å². The Morgan fingerprint density at radius 1 is 1.37 bits per heavy atom. The van der Waals surface area contributed by atoms with Gasteiger partial charge in [-0.05, 0) is 37.9 Å². The molecule has 0 spiro atoms. The first-order valence-electron chi connectivity index (χ1n) is 4.63. The molecule has 2 N–H and O–H groups in total. The summed E-state index contributed by atoms with van der Waals surface area (Å²) in [5, 5.41) is 24.7. The van der Waals surface area contributed by atoms with Gasteiger partial charge in [0.1, 0.15) is 10.2 Å². The standard InChI is InChI=1S/C9H3Br2N3O5/c10-3-1-2-5(7(4(3)11)14(18)19)12-9(16)8(15)6(2)13-17/h1,17H,(H,12,16)/b13-6-. The molecule has 0 aliphatic carbocycles. The van der Waals surface area contributed by atoms with Gasteiger partial charge in [-0.2, -0.15) is 0 Å². The number of carbonyl (C=O) groups excluding carboxylic acids is 2. The van der Waals surface area contributed by atoms with Crippen LogP contribution in [0.4, 0.5) is 11.4 Å². The number of hydrogen-bond donors (Lipinski definition) is 2. The Bertz CT molecular complexity index is 670. The van der Waals surface area contributed by atoms with E-state index in [4.69, 9.17) is 5.21 Å². The molecular weight excluding hydrogens is 390 g/mol. The van der Waals surface area contributed by atoms with Gasteiger partial charge in [0.25, 0.3) is 11.7 Å². The summed E-state index contributed by atoms with van der Waals surface area (Å²) >= 11 is 6.08. The van der Waals surface area contributed by atoms with Crippen molar-refractivity contribution in [1.82, 2.24) is 0 Å². The number of nitro benzene ring substituents is 1. The van der Waals surface area contributed by atoms with Gasteiger partial charge >= 0.3 is 5.69 Å². The van der Waals surface area contributed by atoms with E-state index in [-0.39, 0.29) is 20.2 Å². The van der Waals surface area contributed by atoms with Gasteiger partial charge in [-0.3, -0.25) is 19.7 Å². The number of anilines is 1. The van der Waals surface area contributed by atoms with Gasteiger partial charge in [0, 0.05) is 10.0 Å². The zero-order valence-corrected chi connectivity index (χ0v) is 12.0. The summed E-state index contributed by atoms with van der Waals surface area (Å²) in [6.07, 6.45) is 0. The third-order valence-electron chi connectivity index (χ3n) is 2.39. The van der Waals surface area contributed by atoms with E-state index in [0.717, 1.165) is 0 Å². The molecule has 0 radical (unpaired) electrons. The van der Waals surface area contributed by atoms with Crippen LogP contribution in [0.5, 0.6) is 0 Å². The van der Waals surface area contributed by atoms with Crippen molar-refractivity contribution in [2.45, 2.75) is 0 Å². The minimum absolute atomic E-state index is 0.0334. The highest BCUT2D eigenvalue weighted by Gasteiger charge is 2.37. The highest BCUT2D eigenvalue weighted by molar-refractivity contribution is 9.13. The van der Waals surface area contributed by atoms with Gasteiger partial charge in [0.05, 0.1) is 4.92 Å². The molecule has 1 amide bonds. The molecule has 0 bridgehead atoms. The van der Waals surface area contributed by atoms with Crippen LogP contribution in [-0.4, -0.2) is 27.5 Å². The van der Waals surface area contributed by atoms with E-state index in [1.807, 2.05) is 0 Å². The fourth-order valence-corrected chi connectivity index (χ4v) is 2.47. The smallest absolute Gasteiger partial charge is 0.308 e. The Morgan fingerprint density at radius 2 is 2.00 bits per heavy atom. The second-order valence-electron chi connectivity index (χ2n) is 3.43. The number of hydrogen-bond acceptors (Lipinski definition) is 6. The maximum atomic E-state index is 11.5. The van der Waals surface area contributed by atoms with E-state index >= 15 is 0 Å². The molecule has 8 nitrogen and oxygen atoms in total. The Balaban J connectivity index is 2.87. The number of benzene rings is 1. The number of Topliss-reactive ketones (excluding diaryl/α,β-unsaturated/α-hetero) is 1. The predicted octanol–water partition coefficient (Wildman–Crippen LogP) is 1.82. The van der Waals surface area contributed by atoms with Crippen LogP contribution in [0.1, 0.15) is 5.56 Å². The highest BCUT2D eigenvalue weighted by Crippen LogP contribution is 2.42. The maximum absolute atomic E-state index is 11.5. The normalized spacial score (nSPS) is 16.2. The SMILES string of the molecule is O=C1Nc2c(cc(Br)c(Br)c2[N+](=O)[O-])/C(=N/O)C1=O. The summed E-state index contributed by atoms with van der Waals surface area (Å²) in [6, 6.07) is 1.33. The van der Waals surface area contributed by atoms with E-state index in [0.29, 0.717) is 0 Å². The second kappa shape index (κ2) is 4.70. The van der Waals surface area contributed by atoms with Crippen molar-refractivity contribution < 1.29 is 19.7 Å². The van der Waals surface area contributed by atoms with Gasteiger partial charge in [-0.1, -0.05) is 5.16 Å². The molecule has 10 heteroatoms. The molecule has 1 aromatic rings. The van der Waals surface area contributed by atoms with Crippen LogP contribution < -0.4 is 5.32 Å². The van der Waals surface area contributed by atoms with E-state index in [9.17, 15) is 19.7 Å².